The Morgan fingerprint density at radius 3 is 2.58 bits per heavy atom. The molecule has 1 heterocycles. The fourth-order valence-corrected chi connectivity index (χ4v) is 3.14. The number of hydrogen-bond donors (Lipinski definition) is 0. The summed E-state index contributed by atoms with van der Waals surface area (Å²) in [5.74, 6) is 0.551. The molecule has 0 saturated heterocycles. The number of esters is 1. The van der Waals surface area contributed by atoms with E-state index in [1.54, 1.807) is 0 Å². The molecule has 8 nitrogen and oxygen atoms in total. The standard InChI is InChI=1S/C23H24F2N2O6/c1-13(2)17-7-6-16(9-14(17)3)30-12-21(28)31-11-20-26-22(27-33-20)15-5-8-18(32-23(24)25)19(10-15)29-4/h5-10,13,23H,11-12H2,1-4H3. The highest BCUT2D eigenvalue weighted by atomic mass is 19.3. The molecule has 3 rings (SSSR count). The molecule has 3 aromatic rings. The molecule has 0 aliphatic carbocycles. The van der Waals surface area contributed by atoms with Crippen molar-refractivity contribution in [3.05, 3.63) is 53.4 Å². The molecule has 0 unspecified atom stereocenters. The molecule has 33 heavy (non-hydrogen) atoms. The number of rotatable bonds is 10. The molecule has 0 radical (unpaired) electrons. The topological polar surface area (TPSA) is 92.9 Å². The van der Waals surface area contributed by atoms with Crippen molar-refractivity contribution >= 4 is 5.97 Å². The van der Waals surface area contributed by atoms with Gasteiger partial charge in [0.25, 0.3) is 5.89 Å². The van der Waals surface area contributed by atoms with E-state index in [0.29, 0.717) is 17.2 Å². The minimum absolute atomic E-state index is 0.0577. The Hall–Kier alpha value is -3.69. The first kappa shape index (κ1) is 24.0. The number of methoxy groups -OCH3 is 1. The molecule has 0 aliphatic rings. The lowest BCUT2D eigenvalue weighted by atomic mass is 9.98. The summed E-state index contributed by atoms with van der Waals surface area (Å²) >= 11 is 0. The van der Waals surface area contributed by atoms with Crippen molar-refractivity contribution in [3.63, 3.8) is 0 Å². The fraction of sp³-hybridized carbons (Fsp3) is 0.348. The molecule has 0 bridgehead atoms. The molecule has 0 amide bonds. The third-order valence-corrected chi connectivity index (χ3v) is 4.68. The molecular formula is C23H24F2N2O6. The zero-order chi connectivity index (χ0) is 24.0. The normalized spacial score (nSPS) is 11.0. The smallest absolute Gasteiger partial charge is 0.387 e. The highest BCUT2D eigenvalue weighted by molar-refractivity contribution is 5.71. The third-order valence-electron chi connectivity index (χ3n) is 4.68. The second-order valence-corrected chi connectivity index (χ2v) is 7.38. The van der Waals surface area contributed by atoms with E-state index in [2.05, 4.69) is 28.7 Å². The van der Waals surface area contributed by atoms with Crippen molar-refractivity contribution in [1.82, 2.24) is 10.1 Å². The van der Waals surface area contributed by atoms with Crippen LogP contribution in [0.5, 0.6) is 17.2 Å². The van der Waals surface area contributed by atoms with Gasteiger partial charge in [-0.05, 0) is 54.3 Å². The zero-order valence-electron chi connectivity index (χ0n) is 18.6. The Bertz CT molecular complexity index is 1100. The summed E-state index contributed by atoms with van der Waals surface area (Å²) in [4.78, 5) is 16.1. The van der Waals surface area contributed by atoms with E-state index in [9.17, 15) is 13.6 Å². The number of carbonyl (C=O) groups excluding carboxylic acids is 1. The summed E-state index contributed by atoms with van der Waals surface area (Å²) in [6.45, 7) is 2.70. The number of ether oxygens (including phenoxy) is 4. The third kappa shape index (κ3) is 6.41. The number of benzene rings is 2. The molecule has 0 aliphatic heterocycles. The van der Waals surface area contributed by atoms with Crippen molar-refractivity contribution in [1.29, 1.82) is 0 Å². The van der Waals surface area contributed by atoms with Crippen LogP contribution in [-0.4, -0.2) is 36.4 Å². The molecule has 10 heteroatoms. The Labute approximate surface area is 189 Å². The average molecular weight is 462 g/mol. The molecule has 2 aromatic carbocycles. The van der Waals surface area contributed by atoms with Crippen LogP contribution >= 0.6 is 0 Å². The van der Waals surface area contributed by atoms with Gasteiger partial charge in [-0.3, -0.25) is 0 Å². The average Bonchev–Trinajstić information content (AvgIpc) is 3.25. The molecule has 0 fully saturated rings. The van der Waals surface area contributed by atoms with Gasteiger partial charge in [-0.15, -0.1) is 0 Å². The highest BCUT2D eigenvalue weighted by Gasteiger charge is 2.16. The van der Waals surface area contributed by atoms with E-state index in [4.69, 9.17) is 18.7 Å². The minimum Gasteiger partial charge on any atom is -0.493 e. The van der Waals surface area contributed by atoms with Crippen LogP contribution in [-0.2, 0) is 16.1 Å². The number of alkyl halides is 2. The van der Waals surface area contributed by atoms with E-state index >= 15 is 0 Å². The fourth-order valence-electron chi connectivity index (χ4n) is 3.14. The molecule has 0 atom stereocenters. The van der Waals surface area contributed by atoms with Crippen molar-refractivity contribution in [2.75, 3.05) is 13.7 Å². The van der Waals surface area contributed by atoms with Gasteiger partial charge in [-0.2, -0.15) is 13.8 Å². The Kier molecular flexibility index (Phi) is 7.81. The van der Waals surface area contributed by atoms with Gasteiger partial charge in [0.1, 0.15) is 5.75 Å². The van der Waals surface area contributed by atoms with E-state index < -0.39 is 12.6 Å². The van der Waals surface area contributed by atoms with Crippen LogP contribution < -0.4 is 14.2 Å². The number of hydrogen-bond acceptors (Lipinski definition) is 8. The lowest BCUT2D eigenvalue weighted by molar-refractivity contribution is -0.148. The van der Waals surface area contributed by atoms with Gasteiger partial charge < -0.3 is 23.5 Å². The summed E-state index contributed by atoms with van der Waals surface area (Å²) in [7, 11) is 1.32. The molecule has 176 valence electrons. The van der Waals surface area contributed by atoms with E-state index in [1.807, 2.05) is 25.1 Å². The van der Waals surface area contributed by atoms with E-state index in [-0.39, 0.29) is 36.4 Å². The Morgan fingerprint density at radius 1 is 1.12 bits per heavy atom. The van der Waals surface area contributed by atoms with Crippen molar-refractivity contribution in [3.8, 4) is 28.6 Å². The van der Waals surface area contributed by atoms with Gasteiger partial charge in [0.15, 0.2) is 24.7 Å². The second kappa shape index (κ2) is 10.8. The van der Waals surface area contributed by atoms with Crippen LogP contribution in [0, 0.1) is 6.92 Å². The quantitative estimate of drug-likeness (QED) is 0.393. The number of carbonyl (C=O) groups is 1. The Balaban J connectivity index is 1.54. The number of aromatic nitrogens is 2. The zero-order valence-corrected chi connectivity index (χ0v) is 18.6. The first-order chi connectivity index (χ1) is 15.8. The van der Waals surface area contributed by atoms with Crippen molar-refractivity contribution < 1.29 is 37.0 Å². The lowest BCUT2D eigenvalue weighted by Gasteiger charge is -2.12. The predicted molar refractivity (Wildman–Crippen MR) is 113 cm³/mol. The summed E-state index contributed by atoms with van der Waals surface area (Å²) in [6, 6.07) is 9.87. The van der Waals surface area contributed by atoms with Crippen molar-refractivity contribution in [2.45, 2.75) is 39.9 Å². The monoisotopic (exact) mass is 462 g/mol. The van der Waals surface area contributed by atoms with Crippen LogP contribution in [0.4, 0.5) is 8.78 Å². The summed E-state index contributed by atoms with van der Waals surface area (Å²) in [5.41, 5.74) is 2.74. The van der Waals surface area contributed by atoms with E-state index in [1.165, 1.54) is 30.9 Å². The van der Waals surface area contributed by atoms with E-state index in [0.717, 1.165) is 5.56 Å². The van der Waals surface area contributed by atoms with Crippen LogP contribution in [0.15, 0.2) is 40.9 Å². The Morgan fingerprint density at radius 2 is 1.91 bits per heavy atom. The highest BCUT2D eigenvalue weighted by Crippen LogP contribution is 2.32. The first-order valence-corrected chi connectivity index (χ1v) is 10.1. The van der Waals surface area contributed by atoms with Gasteiger partial charge in [0.05, 0.1) is 7.11 Å². The maximum Gasteiger partial charge on any atom is 0.387 e. The second-order valence-electron chi connectivity index (χ2n) is 7.38. The lowest BCUT2D eigenvalue weighted by Crippen LogP contribution is -2.15. The van der Waals surface area contributed by atoms with Gasteiger partial charge in [0.2, 0.25) is 5.82 Å². The summed E-state index contributed by atoms with van der Waals surface area (Å²) in [5, 5.41) is 3.80. The van der Waals surface area contributed by atoms with Gasteiger partial charge in [0, 0.05) is 5.56 Å². The van der Waals surface area contributed by atoms with Crippen LogP contribution in [0.1, 0.15) is 36.8 Å². The minimum atomic E-state index is -2.98. The van der Waals surface area contributed by atoms with Gasteiger partial charge in [-0.25, -0.2) is 4.79 Å². The molecule has 0 spiro atoms. The van der Waals surface area contributed by atoms with Gasteiger partial charge in [-0.1, -0.05) is 25.1 Å². The maximum atomic E-state index is 12.5. The molecule has 0 N–H and O–H groups in total. The maximum absolute atomic E-state index is 12.5. The number of nitrogens with zero attached hydrogens (tertiary/aromatic N) is 2. The van der Waals surface area contributed by atoms with Crippen LogP contribution in [0.3, 0.4) is 0 Å². The van der Waals surface area contributed by atoms with Gasteiger partial charge >= 0.3 is 12.6 Å². The molecular weight excluding hydrogens is 438 g/mol. The van der Waals surface area contributed by atoms with Crippen LogP contribution in [0.25, 0.3) is 11.4 Å². The number of halogens is 2. The van der Waals surface area contributed by atoms with Crippen molar-refractivity contribution in [2.24, 2.45) is 0 Å². The predicted octanol–water partition coefficient (Wildman–Crippen LogP) is 4.90. The molecule has 0 saturated carbocycles. The van der Waals surface area contributed by atoms with Crippen LogP contribution in [0.2, 0.25) is 0 Å². The SMILES string of the molecule is COc1cc(-c2noc(COC(=O)COc3ccc(C(C)C)c(C)c3)n2)ccc1OC(F)F. The molecule has 1 aromatic heterocycles. The number of aryl methyl sites for hydroxylation is 1. The summed E-state index contributed by atoms with van der Waals surface area (Å²) < 4.78 is 50.0. The summed E-state index contributed by atoms with van der Waals surface area (Å²) in [6.07, 6.45) is 0. The largest absolute Gasteiger partial charge is 0.493 e. The first-order valence-electron chi connectivity index (χ1n) is 10.1.